The van der Waals surface area contributed by atoms with E-state index in [2.05, 4.69) is 0 Å². The van der Waals surface area contributed by atoms with Crippen LogP contribution < -0.4 is 5.73 Å². The third-order valence-electron chi connectivity index (χ3n) is 4.35. The molecule has 2 aromatic heterocycles. The second-order valence-electron chi connectivity index (χ2n) is 6.11. The molecule has 9 nitrogen and oxygen atoms in total. The Hall–Kier alpha value is -2.85. The van der Waals surface area contributed by atoms with Gasteiger partial charge in [0, 0.05) is 45.5 Å². The van der Waals surface area contributed by atoms with Crippen molar-refractivity contribution in [2.75, 3.05) is 26.2 Å². The summed E-state index contributed by atoms with van der Waals surface area (Å²) in [5, 5.41) is 0. The molecule has 0 unspecified atom stereocenters. The van der Waals surface area contributed by atoms with Gasteiger partial charge in [0.25, 0.3) is 5.91 Å². The molecule has 0 aromatic carbocycles. The zero-order valence-corrected chi connectivity index (χ0v) is 15.6. The smallest absolute Gasteiger partial charge is 0.265 e. The summed E-state index contributed by atoms with van der Waals surface area (Å²) in [5.41, 5.74) is 5.36. The molecule has 0 saturated carbocycles. The quantitative estimate of drug-likeness (QED) is 0.732. The molecule has 1 fully saturated rings. The molecule has 0 bridgehead atoms. The minimum absolute atomic E-state index is 0.0105. The number of piperazine rings is 1. The van der Waals surface area contributed by atoms with Crippen molar-refractivity contribution in [3.63, 3.8) is 0 Å². The standard InChI is InChI=1S/C17H20N4O5S/c1-19-12-14(11-15(19)17(18)23)27(24,25)21-8-6-20(7-9-21)16(22)5-4-13-3-2-10-26-13/h2-5,10-12H,6-9H2,1H3,(H2,18,23). The number of carbonyl (C=O) groups excluding carboxylic acids is 2. The van der Waals surface area contributed by atoms with E-state index in [0.29, 0.717) is 5.76 Å². The molecule has 0 spiro atoms. The molecule has 2 N–H and O–H groups in total. The number of amides is 2. The van der Waals surface area contributed by atoms with Crippen LogP contribution >= 0.6 is 0 Å². The molecule has 144 valence electrons. The maximum Gasteiger partial charge on any atom is 0.265 e. The molecule has 0 aliphatic carbocycles. The van der Waals surface area contributed by atoms with Crippen molar-refractivity contribution in [1.29, 1.82) is 0 Å². The highest BCUT2D eigenvalue weighted by atomic mass is 32.2. The number of aromatic nitrogens is 1. The number of carbonyl (C=O) groups is 2. The molecule has 0 atom stereocenters. The number of furan rings is 1. The Morgan fingerprint density at radius 3 is 2.48 bits per heavy atom. The average Bonchev–Trinajstić information content (AvgIpc) is 3.29. The Balaban J connectivity index is 1.65. The van der Waals surface area contributed by atoms with Crippen LogP contribution in [0.1, 0.15) is 16.2 Å². The Morgan fingerprint density at radius 1 is 1.22 bits per heavy atom. The highest BCUT2D eigenvalue weighted by Crippen LogP contribution is 2.20. The Bertz CT molecular complexity index is 967. The van der Waals surface area contributed by atoms with E-state index in [4.69, 9.17) is 10.2 Å². The number of nitrogens with zero attached hydrogens (tertiary/aromatic N) is 3. The average molecular weight is 392 g/mol. The number of hydrogen-bond acceptors (Lipinski definition) is 5. The summed E-state index contributed by atoms with van der Waals surface area (Å²) < 4.78 is 33.3. The summed E-state index contributed by atoms with van der Waals surface area (Å²) in [4.78, 5) is 25.1. The number of hydrogen-bond donors (Lipinski definition) is 1. The van der Waals surface area contributed by atoms with Crippen molar-refractivity contribution < 1.29 is 22.4 Å². The van der Waals surface area contributed by atoms with Gasteiger partial charge in [-0.15, -0.1) is 0 Å². The van der Waals surface area contributed by atoms with Gasteiger partial charge in [-0.25, -0.2) is 8.42 Å². The maximum atomic E-state index is 12.8. The molecular formula is C17H20N4O5S. The van der Waals surface area contributed by atoms with E-state index in [1.54, 1.807) is 30.2 Å². The van der Waals surface area contributed by atoms with Crippen molar-refractivity contribution in [2.24, 2.45) is 12.8 Å². The van der Waals surface area contributed by atoms with Gasteiger partial charge in [-0.2, -0.15) is 4.31 Å². The lowest BCUT2D eigenvalue weighted by Crippen LogP contribution is -2.50. The molecule has 1 aliphatic rings. The van der Waals surface area contributed by atoms with E-state index in [0.717, 1.165) is 0 Å². The van der Waals surface area contributed by atoms with Crippen molar-refractivity contribution >= 4 is 27.9 Å². The molecule has 2 amide bonds. The Morgan fingerprint density at radius 2 is 1.93 bits per heavy atom. The van der Waals surface area contributed by atoms with Crippen LogP contribution in [-0.2, 0) is 21.9 Å². The van der Waals surface area contributed by atoms with Gasteiger partial charge in [0.05, 0.1) is 6.26 Å². The monoisotopic (exact) mass is 392 g/mol. The number of rotatable bonds is 5. The number of aryl methyl sites for hydroxylation is 1. The zero-order valence-electron chi connectivity index (χ0n) is 14.7. The first kappa shape index (κ1) is 18.9. The fraction of sp³-hybridized carbons (Fsp3) is 0.294. The van der Waals surface area contributed by atoms with Gasteiger partial charge in [-0.05, 0) is 24.3 Å². The van der Waals surface area contributed by atoms with Crippen LogP contribution in [0.2, 0.25) is 0 Å². The third kappa shape index (κ3) is 3.96. The van der Waals surface area contributed by atoms with Crippen LogP contribution in [0.15, 0.2) is 46.0 Å². The lowest BCUT2D eigenvalue weighted by atomic mass is 10.3. The summed E-state index contributed by atoms with van der Waals surface area (Å²) in [6.45, 7) is 0.888. The molecule has 3 rings (SSSR count). The van der Waals surface area contributed by atoms with Gasteiger partial charge in [-0.1, -0.05) is 0 Å². The van der Waals surface area contributed by atoms with Gasteiger partial charge in [0.1, 0.15) is 16.3 Å². The molecule has 1 aliphatic heterocycles. The fourth-order valence-electron chi connectivity index (χ4n) is 2.86. The van der Waals surface area contributed by atoms with E-state index >= 15 is 0 Å². The first-order valence-corrected chi connectivity index (χ1v) is 9.70. The van der Waals surface area contributed by atoms with E-state index in [9.17, 15) is 18.0 Å². The molecule has 3 heterocycles. The normalized spacial score (nSPS) is 16.1. The van der Waals surface area contributed by atoms with Crippen LogP contribution in [-0.4, -0.2) is 60.2 Å². The Labute approximate surface area is 156 Å². The SMILES string of the molecule is Cn1cc(S(=O)(=O)N2CCN(C(=O)C=Cc3ccco3)CC2)cc1C(N)=O. The van der Waals surface area contributed by atoms with Crippen LogP contribution in [0.25, 0.3) is 6.08 Å². The summed E-state index contributed by atoms with van der Waals surface area (Å²) in [6.07, 6.45) is 5.85. The van der Waals surface area contributed by atoms with Gasteiger partial charge < -0.3 is 19.6 Å². The molecule has 27 heavy (non-hydrogen) atoms. The van der Waals surface area contributed by atoms with Gasteiger partial charge >= 0.3 is 0 Å². The fourth-order valence-corrected chi connectivity index (χ4v) is 4.36. The van der Waals surface area contributed by atoms with Crippen molar-refractivity contribution in [3.05, 3.63) is 48.2 Å². The van der Waals surface area contributed by atoms with Crippen molar-refractivity contribution in [3.8, 4) is 0 Å². The zero-order chi connectivity index (χ0) is 19.6. The summed E-state index contributed by atoms with van der Waals surface area (Å²) >= 11 is 0. The highest BCUT2D eigenvalue weighted by Gasteiger charge is 2.31. The van der Waals surface area contributed by atoms with Gasteiger partial charge in [-0.3, -0.25) is 9.59 Å². The Kier molecular flexibility index (Phi) is 5.19. The summed E-state index contributed by atoms with van der Waals surface area (Å²) in [7, 11) is -2.20. The maximum absolute atomic E-state index is 12.8. The van der Waals surface area contributed by atoms with Crippen LogP contribution in [0.4, 0.5) is 0 Å². The van der Waals surface area contributed by atoms with E-state index < -0.39 is 15.9 Å². The van der Waals surface area contributed by atoms with E-state index in [1.807, 2.05) is 0 Å². The van der Waals surface area contributed by atoms with Crippen LogP contribution in [0.5, 0.6) is 0 Å². The van der Waals surface area contributed by atoms with E-state index in [1.165, 1.54) is 33.5 Å². The van der Waals surface area contributed by atoms with Crippen molar-refractivity contribution in [2.45, 2.75) is 4.90 Å². The minimum Gasteiger partial charge on any atom is -0.465 e. The lowest BCUT2D eigenvalue weighted by Gasteiger charge is -2.33. The minimum atomic E-state index is -3.76. The summed E-state index contributed by atoms with van der Waals surface area (Å²) in [6, 6.07) is 4.72. The van der Waals surface area contributed by atoms with Crippen LogP contribution in [0, 0.1) is 0 Å². The highest BCUT2D eigenvalue weighted by molar-refractivity contribution is 7.89. The molecular weight excluding hydrogens is 372 g/mol. The summed E-state index contributed by atoms with van der Waals surface area (Å²) in [5.74, 6) is -0.337. The largest absolute Gasteiger partial charge is 0.465 e. The van der Waals surface area contributed by atoms with Gasteiger partial charge in [0.2, 0.25) is 15.9 Å². The third-order valence-corrected chi connectivity index (χ3v) is 6.22. The second-order valence-corrected chi connectivity index (χ2v) is 8.05. The molecule has 2 aromatic rings. The van der Waals surface area contributed by atoms with Crippen LogP contribution in [0.3, 0.4) is 0 Å². The number of nitrogens with two attached hydrogens (primary N) is 1. The number of primary amides is 1. The predicted molar refractivity (Wildman–Crippen MR) is 97.0 cm³/mol. The molecule has 0 radical (unpaired) electrons. The topological polar surface area (TPSA) is 119 Å². The van der Waals surface area contributed by atoms with E-state index in [-0.39, 0.29) is 42.7 Å². The first-order valence-electron chi connectivity index (χ1n) is 8.26. The predicted octanol–water partition coefficient (Wildman–Crippen LogP) is 0.263. The molecule has 10 heteroatoms. The first-order chi connectivity index (χ1) is 12.8. The van der Waals surface area contributed by atoms with Crippen molar-refractivity contribution in [1.82, 2.24) is 13.8 Å². The number of sulfonamides is 1. The molecule has 1 saturated heterocycles. The second kappa shape index (κ2) is 7.41. The van der Waals surface area contributed by atoms with Gasteiger partial charge in [0.15, 0.2) is 0 Å². The lowest BCUT2D eigenvalue weighted by molar-refractivity contribution is -0.127.